The van der Waals surface area contributed by atoms with Gasteiger partial charge in [-0.2, -0.15) is 5.26 Å². The van der Waals surface area contributed by atoms with Crippen LogP contribution in [-0.4, -0.2) is 20.2 Å². The summed E-state index contributed by atoms with van der Waals surface area (Å²) in [7, 11) is 0. The predicted octanol–water partition coefficient (Wildman–Crippen LogP) is 1.43. The quantitative estimate of drug-likeness (QED) is 0.773. The molecule has 0 amide bonds. The molecule has 0 saturated carbocycles. The van der Waals surface area contributed by atoms with Crippen LogP contribution in [0.1, 0.15) is 12.5 Å². The molecule has 2 rings (SSSR count). The topological polar surface area (TPSA) is 67.4 Å². The van der Waals surface area contributed by atoms with E-state index in [-0.39, 0.29) is 6.54 Å². The van der Waals surface area contributed by atoms with Gasteiger partial charge in [0, 0.05) is 5.56 Å². The highest BCUT2D eigenvalue weighted by molar-refractivity contribution is 5.54. The minimum absolute atomic E-state index is 0.125. The van der Waals surface area contributed by atoms with Crippen molar-refractivity contribution in [3.8, 4) is 17.5 Å². The number of rotatable bonds is 3. The number of nitrogens with zero attached hydrogens (tertiary/aromatic N) is 5. The van der Waals surface area contributed by atoms with E-state index in [0.717, 1.165) is 12.0 Å². The zero-order chi connectivity index (χ0) is 11.4. The van der Waals surface area contributed by atoms with E-state index in [4.69, 9.17) is 5.26 Å². The molecule has 0 N–H and O–H groups in total. The van der Waals surface area contributed by atoms with Crippen molar-refractivity contribution in [1.82, 2.24) is 20.2 Å². The second-order valence-electron chi connectivity index (χ2n) is 3.35. The summed E-state index contributed by atoms with van der Waals surface area (Å²) in [5.41, 5.74) is 2.19. The maximum absolute atomic E-state index is 8.49. The molecule has 0 aliphatic rings. The molecule has 16 heavy (non-hydrogen) atoms. The van der Waals surface area contributed by atoms with Gasteiger partial charge in [0.05, 0.1) is 6.07 Å². The lowest BCUT2D eigenvalue weighted by molar-refractivity contribution is 0.589. The van der Waals surface area contributed by atoms with Crippen LogP contribution in [0.5, 0.6) is 0 Å². The lowest BCUT2D eigenvalue weighted by Gasteiger charge is -1.97. The molecule has 1 aromatic carbocycles. The number of hydrogen-bond acceptors (Lipinski definition) is 4. The van der Waals surface area contributed by atoms with Gasteiger partial charge >= 0.3 is 0 Å². The first-order valence-electron chi connectivity index (χ1n) is 5.07. The monoisotopic (exact) mass is 213 g/mol. The third-order valence-corrected chi connectivity index (χ3v) is 2.29. The van der Waals surface area contributed by atoms with Crippen LogP contribution in [0.2, 0.25) is 0 Å². The van der Waals surface area contributed by atoms with E-state index < -0.39 is 0 Å². The molecule has 0 atom stereocenters. The van der Waals surface area contributed by atoms with Crippen LogP contribution in [0.25, 0.3) is 11.4 Å². The number of benzene rings is 1. The molecule has 1 heterocycles. The fourth-order valence-corrected chi connectivity index (χ4v) is 1.38. The third-order valence-electron chi connectivity index (χ3n) is 2.29. The van der Waals surface area contributed by atoms with Crippen LogP contribution < -0.4 is 0 Å². The minimum atomic E-state index is 0.125. The first-order chi connectivity index (χ1) is 7.83. The average molecular weight is 213 g/mol. The van der Waals surface area contributed by atoms with Gasteiger partial charge in [-0.15, -0.1) is 15.0 Å². The highest BCUT2D eigenvalue weighted by atomic mass is 15.6. The molecule has 0 radical (unpaired) electrons. The van der Waals surface area contributed by atoms with Gasteiger partial charge < -0.3 is 0 Å². The summed E-state index contributed by atoms with van der Waals surface area (Å²) in [6.07, 6.45) is 1.01. The lowest BCUT2D eigenvalue weighted by Crippen LogP contribution is -1.99. The Morgan fingerprint density at radius 1 is 1.31 bits per heavy atom. The van der Waals surface area contributed by atoms with E-state index in [1.54, 1.807) is 0 Å². The summed E-state index contributed by atoms with van der Waals surface area (Å²) in [5, 5.41) is 20.3. The molecule has 5 heteroatoms. The molecule has 2 aromatic rings. The van der Waals surface area contributed by atoms with E-state index in [9.17, 15) is 0 Å². The fourth-order valence-electron chi connectivity index (χ4n) is 1.38. The molecule has 0 aliphatic heterocycles. The highest BCUT2D eigenvalue weighted by Gasteiger charge is 2.04. The van der Waals surface area contributed by atoms with Gasteiger partial charge in [0.25, 0.3) is 0 Å². The van der Waals surface area contributed by atoms with Crippen LogP contribution in [0.15, 0.2) is 24.3 Å². The maximum Gasteiger partial charge on any atom is 0.204 e. The average Bonchev–Trinajstić information content (AvgIpc) is 2.78. The number of aryl methyl sites for hydroxylation is 1. The smallest absolute Gasteiger partial charge is 0.196 e. The van der Waals surface area contributed by atoms with Crippen molar-refractivity contribution in [3.63, 3.8) is 0 Å². The number of aromatic nitrogens is 4. The zero-order valence-electron chi connectivity index (χ0n) is 8.96. The molecule has 0 spiro atoms. The Hall–Kier alpha value is -2.22. The zero-order valence-corrected chi connectivity index (χ0v) is 8.96. The molecule has 80 valence electrons. The van der Waals surface area contributed by atoms with E-state index in [1.165, 1.54) is 10.4 Å². The van der Waals surface area contributed by atoms with Gasteiger partial charge in [0.2, 0.25) is 5.82 Å². The van der Waals surface area contributed by atoms with Gasteiger partial charge in [0.15, 0.2) is 0 Å². The van der Waals surface area contributed by atoms with Gasteiger partial charge in [-0.25, -0.2) is 0 Å². The Labute approximate surface area is 93.3 Å². The number of nitriles is 1. The van der Waals surface area contributed by atoms with Crippen LogP contribution in [0.4, 0.5) is 0 Å². The summed E-state index contributed by atoms with van der Waals surface area (Å²) >= 11 is 0. The normalized spacial score (nSPS) is 10.0. The maximum atomic E-state index is 8.49. The van der Waals surface area contributed by atoms with E-state index in [2.05, 4.69) is 22.3 Å². The van der Waals surface area contributed by atoms with Crippen molar-refractivity contribution < 1.29 is 0 Å². The molecule has 0 bridgehead atoms. The minimum Gasteiger partial charge on any atom is -0.196 e. The summed E-state index contributed by atoms with van der Waals surface area (Å²) < 4.78 is 0. The van der Waals surface area contributed by atoms with Crippen molar-refractivity contribution >= 4 is 0 Å². The van der Waals surface area contributed by atoms with Crippen molar-refractivity contribution in [2.45, 2.75) is 19.9 Å². The molecule has 0 unspecified atom stereocenters. The summed E-state index contributed by atoms with van der Waals surface area (Å²) in [6, 6.07) is 9.98. The van der Waals surface area contributed by atoms with Crippen molar-refractivity contribution in [2.24, 2.45) is 0 Å². The van der Waals surface area contributed by atoms with E-state index in [0.29, 0.717) is 5.82 Å². The Bertz CT molecular complexity index is 506. The summed E-state index contributed by atoms with van der Waals surface area (Å²) in [6.45, 7) is 2.23. The van der Waals surface area contributed by atoms with Crippen LogP contribution in [0, 0.1) is 11.3 Å². The van der Waals surface area contributed by atoms with Crippen molar-refractivity contribution in [1.29, 1.82) is 5.26 Å². The Balaban J connectivity index is 2.25. The third kappa shape index (κ3) is 2.06. The van der Waals surface area contributed by atoms with Gasteiger partial charge in [-0.1, -0.05) is 31.2 Å². The Morgan fingerprint density at radius 2 is 2.06 bits per heavy atom. The second-order valence-corrected chi connectivity index (χ2v) is 3.35. The Kier molecular flexibility index (Phi) is 2.92. The molecule has 1 aromatic heterocycles. The fraction of sp³-hybridized carbons (Fsp3) is 0.273. The SMILES string of the molecule is CCc1ccc(-c2nnn(CC#N)n2)cc1. The standard InChI is InChI=1S/C11H11N5/c1-2-9-3-5-10(6-4-9)11-13-15-16(14-11)8-7-12/h3-6H,2,8H2,1H3. The van der Waals surface area contributed by atoms with Gasteiger partial charge in [0.1, 0.15) is 6.54 Å². The number of hydrogen-bond donors (Lipinski definition) is 0. The lowest BCUT2D eigenvalue weighted by atomic mass is 10.1. The first kappa shape index (κ1) is 10.3. The van der Waals surface area contributed by atoms with Crippen LogP contribution in [0.3, 0.4) is 0 Å². The van der Waals surface area contributed by atoms with Crippen molar-refractivity contribution in [3.05, 3.63) is 29.8 Å². The summed E-state index contributed by atoms with van der Waals surface area (Å²) in [4.78, 5) is 1.28. The molecule has 0 fully saturated rings. The van der Waals surface area contributed by atoms with Crippen LogP contribution in [-0.2, 0) is 13.0 Å². The van der Waals surface area contributed by atoms with E-state index in [1.807, 2.05) is 30.3 Å². The molecule has 0 aliphatic carbocycles. The Morgan fingerprint density at radius 3 is 2.69 bits per heavy atom. The molecular formula is C11H11N5. The number of tetrazole rings is 1. The first-order valence-corrected chi connectivity index (χ1v) is 5.07. The summed E-state index contributed by atoms with van der Waals surface area (Å²) in [5.74, 6) is 0.554. The van der Waals surface area contributed by atoms with Crippen molar-refractivity contribution in [2.75, 3.05) is 0 Å². The largest absolute Gasteiger partial charge is 0.204 e. The highest BCUT2D eigenvalue weighted by Crippen LogP contribution is 2.14. The molecule has 0 saturated heterocycles. The molecular weight excluding hydrogens is 202 g/mol. The van der Waals surface area contributed by atoms with E-state index >= 15 is 0 Å². The predicted molar refractivity (Wildman–Crippen MR) is 58.2 cm³/mol. The molecule has 5 nitrogen and oxygen atoms in total. The second kappa shape index (κ2) is 4.53. The van der Waals surface area contributed by atoms with Gasteiger partial charge in [-0.3, -0.25) is 0 Å². The van der Waals surface area contributed by atoms with Crippen LogP contribution >= 0.6 is 0 Å². The van der Waals surface area contributed by atoms with Gasteiger partial charge in [-0.05, 0) is 17.2 Å².